The van der Waals surface area contributed by atoms with Gasteiger partial charge in [0, 0.05) is 17.1 Å². The van der Waals surface area contributed by atoms with Crippen LogP contribution >= 0.6 is 12.2 Å². The molecule has 1 aromatic heterocycles. The molecule has 0 saturated carbocycles. The Balaban J connectivity index is 1.75. The first kappa shape index (κ1) is 23.1. The van der Waals surface area contributed by atoms with Crippen molar-refractivity contribution in [2.24, 2.45) is 0 Å². The van der Waals surface area contributed by atoms with E-state index in [1.165, 1.54) is 17.0 Å². The number of carbonyl (C=O) groups is 3. The number of nitrogens with zero attached hydrogens (tertiary/aromatic N) is 2. The third kappa shape index (κ3) is 4.15. The van der Waals surface area contributed by atoms with E-state index in [9.17, 15) is 14.4 Å². The highest BCUT2D eigenvalue weighted by Gasteiger charge is 2.35. The Bertz CT molecular complexity index is 1380. The topological polar surface area (TPSA) is 91.6 Å². The maximum atomic E-state index is 13.4. The third-order valence-corrected chi connectivity index (χ3v) is 5.99. The van der Waals surface area contributed by atoms with E-state index in [1.807, 2.05) is 56.5 Å². The van der Waals surface area contributed by atoms with Gasteiger partial charge in [0.1, 0.15) is 5.57 Å². The molecule has 0 spiro atoms. The number of carbonyl (C=O) groups excluding carboxylic acids is 2. The Labute approximate surface area is 202 Å². The first-order valence-corrected chi connectivity index (χ1v) is 11.0. The molecule has 3 aromatic rings. The van der Waals surface area contributed by atoms with Crippen molar-refractivity contribution in [2.45, 2.75) is 27.7 Å². The molecule has 0 aliphatic carbocycles. The lowest BCUT2D eigenvalue weighted by Crippen LogP contribution is -2.54. The number of aryl methyl sites for hydroxylation is 3. The molecule has 172 valence electrons. The minimum Gasteiger partial charge on any atom is -0.478 e. The summed E-state index contributed by atoms with van der Waals surface area (Å²) in [6.07, 6.45) is 1.57. The second-order valence-corrected chi connectivity index (χ2v) is 8.70. The number of carboxylic acids is 1. The highest BCUT2D eigenvalue weighted by atomic mass is 32.1. The zero-order chi connectivity index (χ0) is 24.7. The summed E-state index contributed by atoms with van der Waals surface area (Å²) >= 11 is 5.31. The van der Waals surface area contributed by atoms with Gasteiger partial charge in [-0.05, 0) is 105 Å². The van der Waals surface area contributed by atoms with Crippen molar-refractivity contribution in [3.8, 4) is 5.69 Å². The lowest BCUT2D eigenvalue weighted by Gasteiger charge is -2.29. The monoisotopic (exact) mass is 473 g/mol. The van der Waals surface area contributed by atoms with E-state index in [0.29, 0.717) is 11.3 Å². The smallest absolute Gasteiger partial charge is 0.335 e. The second kappa shape index (κ2) is 8.72. The maximum absolute atomic E-state index is 13.4. The molecule has 2 amide bonds. The SMILES string of the molecule is Cc1cc(C)cc(N2C(=O)C(=Cc3cc(C)n(-c4ccc(C(=O)O)cc4)c3C)C(=O)NC2=S)c1. The highest BCUT2D eigenvalue weighted by Crippen LogP contribution is 2.27. The van der Waals surface area contributed by atoms with Crippen molar-refractivity contribution in [1.82, 2.24) is 9.88 Å². The number of amides is 2. The van der Waals surface area contributed by atoms with Crippen LogP contribution in [0.5, 0.6) is 0 Å². The zero-order valence-corrected chi connectivity index (χ0v) is 20.0. The van der Waals surface area contributed by atoms with E-state index in [4.69, 9.17) is 17.3 Å². The molecule has 0 atom stereocenters. The number of hydrogen-bond donors (Lipinski definition) is 2. The molecule has 0 radical (unpaired) electrons. The number of nitrogens with one attached hydrogen (secondary N) is 1. The van der Waals surface area contributed by atoms with Crippen LogP contribution in [0, 0.1) is 27.7 Å². The van der Waals surface area contributed by atoms with Crippen molar-refractivity contribution >= 4 is 46.9 Å². The van der Waals surface area contributed by atoms with Crippen LogP contribution in [0.4, 0.5) is 5.69 Å². The standard InChI is InChI=1S/C26H23N3O4S/c1-14-9-15(2)11-21(10-14)29-24(31)22(23(30)27-26(29)34)13-19-12-16(3)28(17(19)4)20-7-5-18(6-8-20)25(32)33/h5-13H,1-4H3,(H,32,33)(H,27,30,34). The van der Waals surface area contributed by atoms with Crippen LogP contribution in [0.2, 0.25) is 0 Å². The van der Waals surface area contributed by atoms with Crippen LogP contribution in [0.15, 0.2) is 54.1 Å². The zero-order valence-electron chi connectivity index (χ0n) is 19.2. The molecule has 4 rings (SSSR count). The normalized spacial score (nSPS) is 15.1. The Kier molecular flexibility index (Phi) is 5.93. The summed E-state index contributed by atoms with van der Waals surface area (Å²) in [6.45, 7) is 7.64. The minimum absolute atomic E-state index is 0.0192. The maximum Gasteiger partial charge on any atom is 0.335 e. The molecule has 2 heterocycles. The van der Waals surface area contributed by atoms with Crippen molar-refractivity contribution in [3.05, 3.63) is 87.7 Å². The van der Waals surface area contributed by atoms with Gasteiger partial charge in [0.2, 0.25) is 0 Å². The predicted molar refractivity (Wildman–Crippen MR) is 134 cm³/mol. The molecule has 1 saturated heterocycles. The third-order valence-electron chi connectivity index (χ3n) is 5.71. The Morgan fingerprint density at radius 1 is 0.941 bits per heavy atom. The number of aromatic nitrogens is 1. The van der Waals surface area contributed by atoms with Crippen LogP contribution in [0.3, 0.4) is 0 Å². The van der Waals surface area contributed by atoms with Gasteiger partial charge < -0.3 is 9.67 Å². The van der Waals surface area contributed by atoms with E-state index < -0.39 is 17.8 Å². The first-order chi connectivity index (χ1) is 16.1. The highest BCUT2D eigenvalue weighted by molar-refractivity contribution is 7.80. The fourth-order valence-corrected chi connectivity index (χ4v) is 4.49. The van der Waals surface area contributed by atoms with Gasteiger partial charge in [-0.15, -0.1) is 0 Å². The molecule has 1 fully saturated rings. The van der Waals surface area contributed by atoms with Crippen molar-refractivity contribution < 1.29 is 19.5 Å². The average Bonchev–Trinajstić information content (AvgIpc) is 3.03. The minimum atomic E-state index is -0.994. The molecule has 34 heavy (non-hydrogen) atoms. The second-order valence-electron chi connectivity index (χ2n) is 8.32. The fraction of sp³-hybridized carbons (Fsp3) is 0.154. The number of anilines is 1. The molecule has 2 aromatic carbocycles. The summed E-state index contributed by atoms with van der Waals surface area (Å²) in [5.74, 6) is -2.04. The Hall–Kier alpha value is -4.04. The number of rotatable bonds is 4. The van der Waals surface area contributed by atoms with Crippen molar-refractivity contribution in [2.75, 3.05) is 4.90 Å². The molecular formula is C26H23N3O4S. The summed E-state index contributed by atoms with van der Waals surface area (Å²) in [4.78, 5) is 38.6. The number of hydrogen-bond acceptors (Lipinski definition) is 4. The van der Waals surface area contributed by atoms with Gasteiger partial charge in [-0.1, -0.05) is 6.07 Å². The summed E-state index contributed by atoms with van der Waals surface area (Å²) in [7, 11) is 0. The van der Waals surface area contributed by atoms with Gasteiger partial charge in [-0.2, -0.15) is 0 Å². The molecule has 8 heteroatoms. The number of aromatic carboxylic acids is 1. The van der Waals surface area contributed by atoms with Crippen molar-refractivity contribution in [1.29, 1.82) is 0 Å². The Morgan fingerprint density at radius 3 is 2.15 bits per heavy atom. The van der Waals surface area contributed by atoms with Crippen LogP contribution in [-0.4, -0.2) is 32.6 Å². The van der Waals surface area contributed by atoms with Gasteiger partial charge in [0.15, 0.2) is 5.11 Å². The van der Waals surface area contributed by atoms with Gasteiger partial charge in [0.25, 0.3) is 11.8 Å². The van der Waals surface area contributed by atoms with Crippen LogP contribution in [0.1, 0.15) is 38.4 Å². The quantitative estimate of drug-likeness (QED) is 0.336. The summed E-state index contributed by atoms with van der Waals surface area (Å²) in [5, 5.41) is 11.8. The van der Waals surface area contributed by atoms with Gasteiger partial charge in [-0.3, -0.25) is 19.8 Å². The lowest BCUT2D eigenvalue weighted by molar-refractivity contribution is -0.122. The Morgan fingerprint density at radius 2 is 1.56 bits per heavy atom. The molecular weight excluding hydrogens is 450 g/mol. The first-order valence-electron chi connectivity index (χ1n) is 10.6. The largest absolute Gasteiger partial charge is 0.478 e. The van der Waals surface area contributed by atoms with E-state index >= 15 is 0 Å². The summed E-state index contributed by atoms with van der Waals surface area (Å²) in [5.41, 5.74) is 5.89. The summed E-state index contributed by atoms with van der Waals surface area (Å²) < 4.78 is 1.94. The van der Waals surface area contributed by atoms with Gasteiger partial charge in [0.05, 0.1) is 11.3 Å². The molecule has 1 aliphatic heterocycles. The number of carboxylic acid groups (broad SMARTS) is 1. The van der Waals surface area contributed by atoms with Gasteiger partial charge >= 0.3 is 5.97 Å². The number of benzene rings is 2. The molecule has 1 aliphatic rings. The molecule has 0 bridgehead atoms. The molecule has 2 N–H and O–H groups in total. The van der Waals surface area contributed by atoms with E-state index in [1.54, 1.807) is 18.2 Å². The van der Waals surface area contributed by atoms with E-state index in [0.717, 1.165) is 28.2 Å². The average molecular weight is 474 g/mol. The van der Waals surface area contributed by atoms with Crippen LogP contribution in [-0.2, 0) is 9.59 Å². The predicted octanol–water partition coefficient (Wildman–Crippen LogP) is 4.24. The molecule has 0 unspecified atom stereocenters. The molecule has 7 nitrogen and oxygen atoms in total. The number of thiocarbonyl (C=S) groups is 1. The lowest BCUT2D eigenvalue weighted by atomic mass is 10.1. The van der Waals surface area contributed by atoms with E-state index in [2.05, 4.69) is 5.32 Å². The fourth-order valence-electron chi connectivity index (χ4n) is 4.21. The summed E-state index contributed by atoms with van der Waals surface area (Å²) in [6, 6.07) is 14.1. The van der Waals surface area contributed by atoms with Crippen molar-refractivity contribution in [3.63, 3.8) is 0 Å². The van der Waals surface area contributed by atoms with Crippen LogP contribution in [0.25, 0.3) is 11.8 Å². The van der Waals surface area contributed by atoms with Crippen LogP contribution < -0.4 is 10.2 Å². The van der Waals surface area contributed by atoms with Gasteiger partial charge in [-0.25, -0.2) is 4.79 Å². The van der Waals surface area contributed by atoms with E-state index in [-0.39, 0.29) is 16.2 Å².